The molecule has 4 N–H and O–H groups in total. The van der Waals surface area contributed by atoms with Gasteiger partial charge in [0, 0.05) is 23.6 Å². The molecule has 1 aliphatic carbocycles. The number of hydrogen-bond donors (Lipinski definition) is 3. The Hall–Kier alpha value is -3.47. The number of nitrogens with zero attached hydrogens (tertiary/aromatic N) is 2. The van der Waals surface area contributed by atoms with Crippen LogP contribution in [0.15, 0.2) is 30.5 Å². The van der Waals surface area contributed by atoms with Crippen LogP contribution in [-0.2, 0) is 4.74 Å². The zero-order valence-electron chi connectivity index (χ0n) is 13.6. The third-order valence-corrected chi connectivity index (χ3v) is 3.84. The van der Waals surface area contributed by atoms with Gasteiger partial charge in [0.1, 0.15) is 6.07 Å². The van der Waals surface area contributed by atoms with E-state index >= 15 is 0 Å². The van der Waals surface area contributed by atoms with Gasteiger partial charge in [-0.2, -0.15) is 5.26 Å². The number of benzene rings is 1. The number of esters is 1. The van der Waals surface area contributed by atoms with Gasteiger partial charge in [-0.3, -0.25) is 0 Å². The third kappa shape index (κ3) is 3.40. The molecular weight excluding hydrogens is 322 g/mol. The lowest BCUT2D eigenvalue weighted by atomic mass is 10.2. The molecule has 0 radical (unpaired) electrons. The average Bonchev–Trinajstić information content (AvgIpc) is 3.34. The Morgan fingerprint density at radius 2 is 2.16 bits per heavy atom. The zero-order valence-corrected chi connectivity index (χ0v) is 13.6. The first kappa shape index (κ1) is 16.4. The molecule has 0 spiro atoms. The second-order valence-corrected chi connectivity index (χ2v) is 5.70. The molecule has 1 aromatic carbocycles. The topological polar surface area (TPSA) is 122 Å². The standard InChI is InChI=1S/C17H17N5O3/c1-25-16(23)15-14(19)10(8-18)9-22(15)13-4-2-3-12(7-13)21-17(24)20-11-5-6-11/h2-4,7,9,11H,5-6,19H2,1H3,(H2,20,21,24). The van der Waals surface area contributed by atoms with Crippen molar-refractivity contribution in [1.82, 2.24) is 9.88 Å². The van der Waals surface area contributed by atoms with Crippen LogP contribution in [0.5, 0.6) is 0 Å². The first-order valence-electron chi connectivity index (χ1n) is 7.70. The van der Waals surface area contributed by atoms with E-state index in [4.69, 9.17) is 15.7 Å². The van der Waals surface area contributed by atoms with Crippen LogP contribution in [0.3, 0.4) is 0 Å². The third-order valence-electron chi connectivity index (χ3n) is 3.84. The van der Waals surface area contributed by atoms with E-state index in [1.165, 1.54) is 17.9 Å². The number of nitrogens with two attached hydrogens (primary N) is 1. The number of aromatic nitrogens is 1. The normalized spacial score (nSPS) is 13.0. The first-order chi connectivity index (χ1) is 12.0. The largest absolute Gasteiger partial charge is 0.464 e. The SMILES string of the molecule is COC(=O)c1c(N)c(C#N)cn1-c1cccc(NC(=O)NC2CC2)c1. The summed E-state index contributed by atoms with van der Waals surface area (Å²) in [5, 5.41) is 14.7. The van der Waals surface area contributed by atoms with Crippen molar-refractivity contribution in [2.45, 2.75) is 18.9 Å². The maximum Gasteiger partial charge on any atom is 0.357 e. The smallest absolute Gasteiger partial charge is 0.357 e. The van der Waals surface area contributed by atoms with Gasteiger partial charge in [-0.05, 0) is 31.0 Å². The van der Waals surface area contributed by atoms with Gasteiger partial charge < -0.3 is 25.7 Å². The van der Waals surface area contributed by atoms with E-state index in [0.717, 1.165) is 12.8 Å². The Bertz CT molecular complexity index is 877. The highest BCUT2D eigenvalue weighted by Gasteiger charge is 2.24. The minimum absolute atomic E-state index is 0.0548. The van der Waals surface area contributed by atoms with E-state index in [2.05, 4.69) is 10.6 Å². The Morgan fingerprint density at radius 1 is 1.40 bits per heavy atom. The fourth-order valence-electron chi connectivity index (χ4n) is 2.43. The second-order valence-electron chi connectivity index (χ2n) is 5.70. The highest BCUT2D eigenvalue weighted by Crippen LogP contribution is 2.26. The predicted octanol–water partition coefficient (Wildman–Crippen LogP) is 2.00. The molecule has 0 saturated heterocycles. The highest BCUT2D eigenvalue weighted by atomic mass is 16.5. The lowest BCUT2D eigenvalue weighted by Crippen LogP contribution is -2.30. The molecule has 25 heavy (non-hydrogen) atoms. The van der Waals surface area contributed by atoms with E-state index in [9.17, 15) is 9.59 Å². The number of carbonyl (C=O) groups excluding carboxylic acids is 2. The van der Waals surface area contributed by atoms with E-state index in [1.54, 1.807) is 24.3 Å². The number of carbonyl (C=O) groups is 2. The summed E-state index contributed by atoms with van der Waals surface area (Å²) in [5.41, 5.74) is 7.30. The van der Waals surface area contributed by atoms with Gasteiger partial charge in [0.05, 0.1) is 18.4 Å². The molecule has 0 unspecified atom stereocenters. The Balaban J connectivity index is 1.93. The molecule has 1 heterocycles. The molecule has 0 bridgehead atoms. The number of rotatable bonds is 4. The van der Waals surface area contributed by atoms with Gasteiger partial charge in [-0.25, -0.2) is 9.59 Å². The van der Waals surface area contributed by atoms with Gasteiger partial charge in [-0.15, -0.1) is 0 Å². The molecule has 8 nitrogen and oxygen atoms in total. The van der Waals surface area contributed by atoms with E-state index in [0.29, 0.717) is 11.4 Å². The second kappa shape index (κ2) is 6.57. The zero-order chi connectivity index (χ0) is 18.0. The molecule has 8 heteroatoms. The number of nitrogens with one attached hydrogen (secondary N) is 2. The van der Waals surface area contributed by atoms with Crippen molar-refractivity contribution in [1.29, 1.82) is 5.26 Å². The van der Waals surface area contributed by atoms with Crippen molar-refractivity contribution in [3.8, 4) is 11.8 Å². The summed E-state index contributed by atoms with van der Waals surface area (Å²) in [6.45, 7) is 0. The van der Waals surface area contributed by atoms with E-state index in [-0.39, 0.29) is 29.0 Å². The molecule has 1 saturated carbocycles. The summed E-state index contributed by atoms with van der Waals surface area (Å²) in [4.78, 5) is 23.9. The van der Waals surface area contributed by atoms with Crippen molar-refractivity contribution in [2.24, 2.45) is 0 Å². The number of ether oxygens (including phenoxy) is 1. The van der Waals surface area contributed by atoms with Gasteiger partial charge in [-0.1, -0.05) is 6.07 Å². The summed E-state index contributed by atoms with van der Waals surface area (Å²) in [5.74, 6) is -0.649. The number of methoxy groups -OCH3 is 1. The monoisotopic (exact) mass is 339 g/mol. The van der Waals surface area contributed by atoms with E-state index < -0.39 is 5.97 Å². The Labute approximate surface area is 144 Å². The molecule has 1 fully saturated rings. The minimum atomic E-state index is -0.649. The van der Waals surface area contributed by atoms with Crippen molar-refractivity contribution < 1.29 is 14.3 Å². The average molecular weight is 339 g/mol. The summed E-state index contributed by atoms with van der Waals surface area (Å²) < 4.78 is 6.23. The quantitative estimate of drug-likeness (QED) is 0.735. The maximum absolute atomic E-state index is 12.0. The van der Waals surface area contributed by atoms with Crippen LogP contribution in [0.25, 0.3) is 5.69 Å². The first-order valence-corrected chi connectivity index (χ1v) is 7.70. The lowest BCUT2D eigenvalue weighted by Gasteiger charge is -2.11. The van der Waals surface area contributed by atoms with Crippen LogP contribution in [-0.4, -0.2) is 29.7 Å². The number of hydrogen-bond acceptors (Lipinski definition) is 5. The van der Waals surface area contributed by atoms with Crippen LogP contribution in [0, 0.1) is 11.3 Å². The van der Waals surface area contributed by atoms with Crippen LogP contribution in [0.4, 0.5) is 16.2 Å². The summed E-state index contributed by atoms with van der Waals surface area (Å²) in [7, 11) is 1.24. The Morgan fingerprint density at radius 3 is 2.80 bits per heavy atom. The summed E-state index contributed by atoms with van der Waals surface area (Å²) >= 11 is 0. The van der Waals surface area contributed by atoms with Gasteiger partial charge in [0.2, 0.25) is 0 Å². The molecule has 2 aromatic rings. The van der Waals surface area contributed by atoms with Crippen molar-refractivity contribution in [3.05, 3.63) is 41.7 Å². The Kier molecular flexibility index (Phi) is 4.31. The number of anilines is 2. The molecule has 0 atom stereocenters. The fraction of sp³-hybridized carbons (Fsp3) is 0.235. The van der Waals surface area contributed by atoms with Crippen LogP contribution >= 0.6 is 0 Å². The molecule has 1 aliphatic rings. The number of nitriles is 1. The van der Waals surface area contributed by atoms with Crippen molar-refractivity contribution >= 4 is 23.4 Å². The van der Waals surface area contributed by atoms with Gasteiger partial charge in [0.15, 0.2) is 5.69 Å². The highest BCUT2D eigenvalue weighted by molar-refractivity contribution is 5.96. The van der Waals surface area contributed by atoms with Gasteiger partial charge >= 0.3 is 12.0 Å². The predicted molar refractivity (Wildman–Crippen MR) is 91.4 cm³/mol. The number of amides is 2. The number of urea groups is 1. The molecule has 128 valence electrons. The maximum atomic E-state index is 12.0. The van der Waals surface area contributed by atoms with Crippen LogP contribution in [0.2, 0.25) is 0 Å². The fourth-order valence-corrected chi connectivity index (χ4v) is 2.43. The summed E-state index contributed by atoms with van der Waals surface area (Å²) in [6, 6.07) is 8.78. The summed E-state index contributed by atoms with van der Waals surface area (Å²) in [6.07, 6.45) is 3.45. The molecule has 3 rings (SSSR count). The molecular formula is C17H17N5O3. The van der Waals surface area contributed by atoms with Crippen molar-refractivity contribution in [3.63, 3.8) is 0 Å². The van der Waals surface area contributed by atoms with E-state index in [1.807, 2.05) is 6.07 Å². The molecule has 2 amide bonds. The molecule has 0 aliphatic heterocycles. The van der Waals surface area contributed by atoms with Crippen LogP contribution in [0.1, 0.15) is 28.9 Å². The lowest BCUT2D eigenvalue weighted by molar-refractivity contribution is 0.0593. The number of nitrogen functional groups attached to an aromatic ring is 1. The van der Waals surface area contributed by atoms with Gasteiger partial charge in [0.25, 0.3) is 0 Å². The van der Waals surface area contributed by atoms with Crippen molar-refractivity contribution in [2.75, 3.05) is 18.2 Å². The van der Waals surface area contributed by atoms with Crippen LogP contribution < -0.4 is 16.4 Å². The molecule has 1 aromatic heterocycles. The minimum Gasteiger partial charge on any atom is -0.464 e.